The van der Waals surface area contributed by atoms with Crippen molar-refractivity contribution in [2.24, 2.45) is 5.92 Å². The standard InChI is InChI=1S/C18H28F5N3O3S/c1-2-12(14(27)16(29)25-11-5-6-11)26-15(28)13(8-30-7-10-3-4-10)24-9-17(19,20)18(21,22)23/h10-14,24,27H,2-9H2,1H3,(H,25,29)(H,26,28)/t12-,13-,14?/m0/s1. The molecule has 0 aromatic carbocycles. The van der Waals surface area contributed by atoms with Gasteiger partial charge in [-0.15, -0.1) is 0 Å². The minimum atomic E-state index is -5.73. The monoisotopic (exact) mass is 461 g/mol. The molecule has 30 heavy (non-hydrogen) atoms. The van der Waals surface area contributed by atoms with E-state index < -0.39 is 48.6 Å². The number of aliphatic hydroxyl groups is 1. The molecule has 2 rings (SSSR count). The predicted octanol–water partition coefficient (Wildman–Crippen LogP) is 1.82. The molecule has 2 saturated carbocycles. The van der Waals surface area contributed by atoms with Crippen molar-refractivity contribution in [3.63, 3.8) is 0 Å². The lowest BCUT2D eigenvalue weighted by Crippen LogP contribution is -2.57. The molecule has 0 radical (unpaired) electrons. The molecule has 3 atom stereocenters. The van der Waals surface area contributed by atoms with Gasteiger partial charge in [0.15, 0.2) is 6.10 Å². The minimum absolute atomic E-state index is 0.00167. The van der Waals surface area contributed by atoms with Crippen LogP contribution in [-0.2, 0) is 9.59 Å². The average molecular weight is 461 g/mol. The highest BCUT2D eigenvalue weighted by Crippen LogP contribution is 2.35. The van der Waals surface area contributed by atoms with Crippen LogP contribution in [0.1, 0.15) is 39.0 Å². The second kappa shape index (κ2) is 10.4. The Bertz CT molecular complexity index is 600. The molecular weight excluding hydrogens is 433 g/mol. The molecule has 2 fully saturated rings. The van der Waals surface area contributed by atoms with Crippen LogP contribution in [0.4, 0.5) is 22.0 Å². The summed E-state index contributed by atoms with van der Waals surface area (Å²) in [5.41, 5.74) is 0. The number of aliphatic hydroxyl groups excluding tert-OH is 1. The highest BCUT2D eigenvalue weighted by atomic mass is 32.2. The summed E-state index contributed by atoms with van der Waals surface area (Å²) in [5, 5.41) is 17.2. The molecule has 2 aliphatic carbocycles. The Morgan fingerprint density at radius 1 is 1.10 bits per heavy atom. The summed E-state index contributed by atoms with van der Waals surface area (Å²) in [7, 11) is 0. The molecule has 0 saturated heterocycles. The third kappa shape index (κ3) is 7.84. The van der Waals surface area contributed by atoms with E-state index >= 15 is 0 Å². The maximum absolute atomic E-state index is 13.3. The smallest absolute Gasteiger partial charge is 0.381 e. The van der Waals surface area contributed by atoms with Crippen LogP contribution in [0, 0.1) is 5.92 Å². The van der Waals surface area contributed by atoms with Crippen molar-refractivity contribution in [1.29, 1.82) is 0 Å². The van der Waals surface area contributed by atoms with E-state index in [0.29, 0.717) is 11.7 Å². The lowest BCUT2D eigenvalue weighted by atomic mass is 10.1. The second-order valence-corrected chi connectivity index (χ2v) is 8.94. The average Bonchev–Trinajstić information content (AvgIpc) is 3.56. The van der Waals surface area contributed by atoms with Gasteiger partial charge in [-0.1, -0.05) is 6.92 Å². The van der Waals surface area contributed by atoms with Gasteiger partial charge in [-0.05, 0) is 43.8 Å². The maximum atomic E-state index is 13.3. The van der Waals surface area contributed by atoms with Gasteiger partial charge in [-0.25, -0.2) is 0 Å². The van der Waals surface area contributed by atoms with Crippen LogP contribution in [0.5, 0.6) is 0 Å². The normalized spacial score (nSPS) is 20.4. The topological polar surface area (TPSA) is 90.5 Å². The first-order valence-corrected chi connectivity index (χ1v) is 11.1. The molecule has 0 heterocycles. The van der Waals surface area contributed by atoms with Crippen LogP contribution >= 0.6 is 11.8 Å². The SMILES string of the molecule is CC[C@H](NC(=O)[C@H](CSCC1CC1)NCC(F)(F)C(F)(F)F)C(O)C(=O)NC1CC1. The van der Waals surface area contributed by atoms with E-state index in [1.54, 1.807) is 6.92 Å². The van der Waals surface area contributed by atoms with Gasteiger partial charge in [-0.2, -0.15) is 33.7 Å². The first-order chi connectivity index (χ1) is 13.9. The Morgan fingerprint density at radius 2 is 1.73 bits per heavy atom. The summed E-state index contributed by atoms with van der Waals surface area (Å²) < 4.78 is 63.9. The van der Waals surface area contributed by atoms with Gasteiger partial charge in [0.2, 0.25) is 5.91 Å². The number of hydrogen-bond donors (Lipinski definition) is 4. The van der Waals surface area contributed by atoms with Crippen LogP contribution < -0.4 is 16.0 Å². The Balaban J connectivity index is 1.95. The minimum Gasteiger partial charge on any atom is -0.381 e. The van der Waals surface area contributed by atoms with E-state index in [4.69, 9.17) is 0 Å². The number of rotatable bonds is 13. The molecular formula is C18H28F5N3O3S. The fourth-order valence-electron chi connectivity index (χ4n) is 2.60. The summed E-state index contributed by atoms with van der Waals surface area (Å²) in [5.74, 6) is -5.31. The Hall–Kier alpha value is -1.14. The number of amides is 2. The number of nitrogens with one attached hydrogen (secondary N) is 3. The largest absolute Gasteiger partial charge is 0.454 e. The molecule has 0 bridgehead atoms. The molecule has 0 aromatic heterocycles. The zero-order valence-electron chi connectivity index (χ0n) is 16.6. The van der Waals surface area contributed by atoms with Crippen molar-refractivity contribution in [1.82, 2.24) is 16.0 Å². The molecule has 174 valence electrons. The van der Waals surface area contributed by atoms with E-state index in [9.17, 15) is 36.6 Å². The number of carbonyl (C=O) groups is 2. The van der Waals surface area contributed by atoms with E-state index in [1.807, 2.05) is 5.32 Å². The van der Waals surface area contributed by atoms with Crippen LogP contribution in [0.2, 0.25) is 0 Å². The lowest BCUT2D eigenvalue weighted by Gasteiger charge is -2.27. The van der Waals surface area contributed by atoms with Crippen LogP contribution in [-0.4, -0.2) is 71.3 Å². The van der Waals surface area contributed by atoms with Gasteiger partial charge in [0.25, 0.3) is 5.91 Å². The van der Waals surface area contributed by atoms with E-state index in [0.717, 1.165) is 25.7 Å². The van der Waals surface area contributed by atoms with Gasteiger partial charge < -0.3 is 15.7 Å². The van der Waals surface area contributed by atoms with Crippen LogP contribution in [0.15, 0.2) is 0 Å². The van der Waals surface area contributed by atoms with Crippen molar-refractivity contribution in [2.45, 2.75) is 75.4 Å². The fourth-order valence-corrected chi connectivity index (χ4v) is 3.91. The molecule has 6 nitrogen and oxygen atoms in total. The number of carbonyl (C=O) groups excluding carboxylic acids is 2. The molecule has 2 aliphatic rings. The quantitative estimate of drug-likeness (QED) is 0.314. The predicted molar refractivity (Wildman–Crippen MR) is 102 cm³/mol. The Morgan fingerprint density at radius 3 is 2.23 bits per heavy atom. The second-order valence-electron chi connectivity index (χ2n) is 7.87. The molecule has 4 N–H and O–H groups in total. The highest BCUT2D eigenvalue weighted by molar-refractivity contribution is 7.99. The maximum Gasteiger partial charge on any atom is 0.454 e. The number of hydrogen-bond acceptors (Lipinski definition) is 5. The number of halogens is 5. The lowest BCUT2D eigenvalue weighted by molar-refractivity contribution is -0.279. The Kier molecular flexibility index (Phi) is 8.75. The highest BCUT2D eigenvalue weighted by Gasteiger charge is 2.57. The van der Waals surface area contributed by atoms with Crippen molar-refractivity contribution >= 4 is 23.6 Å². The third-order valence-electron chi connectivity index (χ3n) is 4.98. The van der Waals surface area contributed by atoms with E-state index in [1.165, 1.54) is 11.8 Å². The fraction of sp³-hybridized carbons (Fsp3) is 0.889. The van der Waals surface area contributed by atoms with Gasteiger partial charge in [0.05, 0.1) is 18.6 Å². The zero-order chi connectivity index (χ0) is 22.5. The summed E-state index contributed by atoms with van der Waals surface area (Å²) in [6.07, 6.45) is -3.43. The van der Waals surface area contributed by atoms with E-state index in [2.05, 4.69) is 10.6 Å². The molecule has 0 aromatic rings. The summed E-state index contributed by atoms with van der Waals surface area (Å²) in [4.78, 5) is 24.6. The van der Waals surface area contributed by atoms with Crippen molar-refractivity contribution in [3.8, 4) is 0 Å². The van der Waals surface area contributed by atoms with Gasteiger partial charge >= 0.3 is 12.1 Å². The van der Waals surface area contributed by atoms with E-state index in [-0.39, 0.29) is 18.2 Å². The first-order valence-electron chi connectivity index (χ1n) is 9.99. The third-order valence-corrected chi connectivity index (χ3v) is 6.25. The number of thioether (sulfide) groups is 1. The molecule has 0 spiro atoms. The van der Waals surface area contributed by atoms with Crippen molar-refractivity contribution < 1.29 is 36.6 Å². The molecule has 0 aliphatic heterocycles. The summed E-state index contributed by atoms with van der Waals surface area (Å²) >= 11 is 1.29. The van der Waals surface area contributed by atoms with Crippen LogP contribution in [0.25, 0.3) is 0 Å². The molecule has 12 heteroatoms. The Labute approximate surface area is 176 Å². The van der Waals surface area contributed by atoms with Gasteiger partial charge in [-0.3, -0.25) is 14.9 Å². The summed E-state index contributed by atoms with van der Waals surface area (Å²) in [6.45, 7) is -0.124. The van der Waals surface area contributed by atoms with Crippen molar-refractivity contribution in [3.05, 3.63) is 0 Å². The van der Waals surface area contributed by atoms with Crippen molar-refractivity contribution in [2.75, 3.05) is 18.1 Å². The van der Waals surface area contributed by atoms with Gasteiger partial charge in [0, 0.05) is 11.8 Å². The summed E-state index contributed by atoms with van der Waals surface area (Å²) in [6, 6.07) is -2.31. The van der Waals surface area contributed by atoms with Gasteiger partial charge in [0.1, 0.15) is 0 Å². The number of alkyl halides is 5. The molecule has 1 unspecified atom stereocenters. The molecule has 2 amide bonds. The zero-order valence-corrected chi connectivity index (χ0v) is 17.4. The van der Waals surface area contributed by atoms with Crippen LogP contribution in [0.3, 0.4) is 0 Å². The first kappa shape index (κ1) is 25.1.